The smallest absolute Gasteiger partial charge is 0.305 e. The highest BCUT2D eigenvalue weighted by atomic mass is 32.1. The lowest BCUT2D eigenvalue weighted by atomic mass is 9.78. The van der Waals surface area contributed by atoms with Crippen molar-refractivity contribution in [3.05, 3.63) is 5.82 Å². The molecule has 2 rings (SSSR count). The summed E-state index contributed by atoms with van der Waals surface area (Å²) in [6.45, 7) is 6.27. The van der Waals surface area contributed by atoms with Crippen LogP contribution in [0, 0.1) is 0 Å². The van der Waals surface area contributed by atoms with E-state index >= 15 is 0 Å². The van der Waals surface area contributed by atoms with Gasteiger partial charge in [0.05, 0.1) is 12.0 Å². The minimum Gasteiger partial charge on any atom is -0.481 e. The second-order valence-electron chi connectivity index (χ2n) is 7.07. The van der Waals surface area contributed by atoms with Gasteiger partial charge in [-0.05, 0) is 12.8 Å². The third-order valence-electron chi connectivity index (χ3n) is 4.35. The van der Waals surface area contributed by atoms with E-state index in [9.17, 15) is 9.90 Å². The van der Waals surface area contributed by atoms with Crippen molar-refractivity contribution in [2.24, 2.45) is 0 Å². The SMILES string of the molecule is CN(c1nc(C(C)(C)C)ns1)C1(CC(=O)O)CCCCC1. The highest BCUT2D eigenvalue weighted by molar-refractivity contribution is 7.09. The Bertz CT molecular complexity index is 501. The molecule has 1 aliphatic carbocycles. The van der Waals surface area contributed by atoms with Gasteiger partial charge in [0.2, 0.25) is 5.13 Å². The van der Waals surface area contributed by atoms with Crippen LogP contribution in [-0.4, -0.2) is 33.0 Å². The summed E-state index contributed by atoms with van der Waals surface area (Å²) in [7, 11) is 1.97. The van der Waals surface area contributed by atoms with Gasteiger partial charge in [-0.2, -0.15) is 4.37 Å². The molecule has 0 bridgehead atoms. The highest BCUT2D eigenvalue weighted by Gasteiger charge is 2.40. The van der Waals surface area contributed by atoms with Gasteiger partial charge >= 0.3 is 5.97 Å². The molecule has 21 heavy (non-hydrogen) atoms. The maximum atomic E-state index is 11.3. The normalized spacial score (nSPS) is 18.5. The predicted octanol–water partition coefficient (Wildman–Crippen LogP) is 3.45. The number of carboxylic acid groups (broad SMARTS) is 1. The van der Waals surface area contributed by atoms with E-state index in [1.54, 1.807) is 0 Å². The van der Waals surface area contributed by atoms with Crippen LogP contribution in [0.3, 0.4) is 0 Å². The van der Waals surface area contributed by atoms with Crippen LogP contribution in [-0.2, 0) is 10.2 Å². The van der Waals surface area contributed by atoms with E-state index in [0.29, 0.717) is 0 Å². The summed E-state index contributed by atoms with van der Waals surface area (Å²) in [6.07, 6.45) is 5.37. The number of anilines is 1. The van der Waals surface area contributed by atoms with Gasteiger partial charge in [-0.3, -0.25) is 4.79 Å². The van der Waals surface area contributed by atoms with Crippen LogP contribution in [0.4, 0.5) is 5.13 Å². The number of carboxylic acids is 1. The average molecular weight is 311 g/mol. The van der Waals surface area contributed by atoms with E-state index in [1.165, 1.54) is 18.0 Å². The number of hydrogen-bond donors (Lipinski definition) is 1. The monoisotopic (exact) mass is 311 g/mol. The largest absolute Gasteiger partial charge is 0.481 e. The molecule has 1 aromatic rings. The van der Waals surface area contributed by atoms with Gasteiger partial charge in [0, 0.05) is 24.0 Å². The maximum absolute atomic E-state index is 11.3. The van der Waals surface area contributed by atoms with Crippen molar-refractivity contribution in [3.63, 3.8) is 0 Å². The Balaban J connectivity index is 2.27. The van der Waals surface area contributed by atoms with Crippen molar-refractivity contribution >= 4 is 22.6 Å². The van der Waals surface area contributed by atoms with Crippen molar-refractivity contribution in [1.29, 1.82) is 0 Å². The van der Waals surface area contributed by atoms with Gasteiger partial charge in [0.1, 0.15) is 5.82 Å². The van der Waals surface area contributed by atoms with Gasteiger partial charge in [-0.1, -0.05) is 40.0 Å². The Morgan fingerprint density at radius 1 is 1.33 bits per heavy atom. The Morgan fingerprint density at radius 2 is 1.95 bits per heavy atom. The number of nitrogens with zero attached hydrogens (tertiary/aromatic N) is 3. The fourth-order valence-corrected chi connectivity index (χ4v) is 3.91. The lowest BCUT2D eigenvalue weighted by Gasteiger charge is -2.43. The summed E-state index contributed by atoms with van der Waals surface area (Å²) in [6, 6.07) is 0. The van der Waals surface area contributed by atoms with Crippen LogP contribution in [0.5, 0.6) is 0 Å². The molecular formula is C15H25N3O2S. The summed E-state index contributed by atoms with van der Waals surface area (Å²) in [4.78, 5) is 18.0. The molecule has 0 spiro atoms. The first-order valence-electron chi connectivity index (χ1n) is 7.54. The van der Waals surface area contributed by atoms with Crippen molar-refractivity contribution in [2.45, 2.75) is 70.3 Å². The van der Waals surface area contributed by atoms with Crippen molar-refractivity contribution in [2.75, 3.05) is 11.9 Å². The zero-order valence-electron chi connectivity index (χ0n) is 13.3. The predicted molar refractivity (Wildman–Crippen MR) is 85.1 cm³/mol. The van der Waals surface area contributed by atoms with E-state index in [1.807, 2.05) is 7.05 Å². The molecule has 6 heteroatoms. The Labute approximate surface area is 130 Å². The molecule has 1 N–H and O–H groups in total. The molecule has 1 aliphatic rings. The fraction of sp³-hybridized carbons (Fsp3) is 0.800. The van der Waals surface area contributed by atoms with Gasteiger partial charge in [-0.25, -0.2) is 4.98 Å². The first kappa shape index (κ1) is 16.2. The molecular weight excluding hydrogens is 286 g/mol. The molecule has 1 fully saturated rings. The molecule has 0 amide bonds. The molecule has 0 aliphatic heterocycles. The molecule has 1 saturated carbocycles. The number of aliphatic carboxylic acids is 1. The minimum atomic E-state index is -0.732. The summed E-state index contributed by atoms with van der Waals surface area (Å²) in [5.74, 6) is 0.0972. The number of carbonyl (C=O) groups is 1. The zero-order chi connectivity index (χ0) is 15.7. The van der Waals surface area contributed by atoms with Crippen LogP contribution in [0.2, 0.25) is 0 Å². The van der Waals surface area contributed by atoms with Crippen molar-refractivity contribution in [3.8, 4) is 0 Å². The molecule has 5 nitrogen and oxygen atoms in total. The highest BCUT2D eigenvalue weighted by Crippen LogP contribution is 2.39. The first-order valence-corrected chi connectivity index (χ1v) is 8.32. The molecule has 118 valence electrons. The van der Waals surface area contributed by atoms with Crippen LogP contribution in [0.15, 0.2) is 0 Å². The summed E-state index contributed by atoms with van der Waals surface area (Å²) >= 11 is 1.38. The zero-order valence-corrected chi connectivity index (χ0v) is 14.2. The lowest BCUT2D eigenvalue weighted by Crippen LogP contribution is -2.49. The lowest BCUT2D eigenvalue weighted by molar-refractivity contribution is -0.138. The molecule has 1 aromatic heterocycles. The third-order valence-corrected chi connectivity index (χ3v) is 5.14. The summed E-state index contributed by atoms with van der Waals surface area (Å²) in [5, 5.41) is 10.1. The van der Waals surface area contributed by atoms with Crippen LogP contribution >= 0.6 is 11.5 Å². The first-order chi connectivity index (χ1) is 9.74. The number of aromatic nitrogens is 2. The maximum Gasteiger partial charge on any atom is 0.305 e. The topological polar surface area (TPSA) is 66.3 Å². The van der Waals surface area contributed by atoms with Gasteiger partial charge in [0.25, 0.3) is 0 Å². The van der Waals surface area contributed by atoms with Crippen LogP contribution in [0.25, 0.3) is 0 Å². The second-order valence-corrected chi connectivity index (χ2v) is 7.80. The van der Waals surface area contributed by atoms with Crippen molar-refractivity contribution < 1.29 is 9.90 Å². The van der Waals surface area contributed by atoms with Gasteiger partial charge in [-0.15, -0.1) is 0 Å². The van der Waals surface area contributed by atoms with E-state index in [4.69, 9.17) is 0 Å². The van der Waals surface area contributed by atoms with Crippen LogP contribution < -0.4 is 4.90 Å². The van der Waals surface area contributed by atoms with Gasteiger partial charge < -0.3 is 10.0 Å². The van der Waals surface area contributed by atoms with Crippen LogP contribution in [0.1, 0.15) is 65.1 Å². The third kappa shape index (κ3) is 3.54. The average Bonchev–Trinajstić information content (AvgIpc) is 2.87. The fourth-order valence-electron chi connectivity index (χ4n) is 2.98. The minimum absolute atomic E-state index is 0.0812. The van der Waals surface area contributed by atoms with E-state index in [0.717, 1.165) is 36.6 Å². The molecule has 0 aromatic carbocycles. The molecule has 0 radical (unpaired) electrons. The molecule has 0 unspecified atom stereocenters. The second kappa shape index (κ2) is 5.91. The number of hydrogen-bond acceptors (Lipinski definition) is 5. The molecule has 0 atom stereocenters. The quantitative estimate of drug-likeness (QED) is 0.922. The Hall–Kier alpha value is -1.17. The van der Waals surface area contributed by atoms with Gasteiger partial charge in [0.15, 0.2) is 0 Å². The molecule has 0 saturated heterocycles. The van der Waals surface area contributed by atoms with E-state index < -0.39 is 5.97 Å². The van der Waals surface area contributed by atoms with E-state index in [2.05, 4.69) is 35.0 Å². The Morgan fingerprint density at radius 3 is 2.43 bits per heavy atom. The summed E-state index contributed by atoms with van der Waals surface area (Å²) < 4.78 is 4.46. The standard InChI is InChI=1S/C15H25N3O2S/c1-14(2,3)12-16-13(21-17-12)18(4)15(10-11(19)20)8-6-5-7-9-15/h5-10H2,1-4H3,(H,19,20). The number of rotatable bonds is 4. The van der Waals surface area contributed by atoms with Crippen molar-refractivity contribution in [1.82, 2.24) is 9.36 Å². The van der Waals surface area contributed by atoms with E-state index in [-0.39, 0.29) is 17.4 Å². The molecule has 1 heterocycles. The summed E-state index contributed by atoms with van der Waals surface area (Å²) in [5.41, 5.74) is -0.388. The Kier molecular flexibility index (Phi) is 4.56.